The van der Waals surface area contributed by atoms with Gasteiger partial charge in [0.25, 0.3) is 0 Å². The lowest BCUT2D eigenvalue weighted by molar-refractivity contribution is 0.267. The molecule has 0 saturated carbocycles. The minimum absolute atomic E-state index is 0.119. The van der Waals surface area contributed by atoms with Gasteiger partial charge in [-0.05, 0) is 46.2 Å². The van der Waals surface area contributed by atoms with Crippen LogP contribution in [0.3, 0.4) is 0 Å². The van der Waals surface area contributed by atoms with Gasteiger partial charge in [0.15, 0.2) is 0 Å². The van der Waals surface area contributed by atoms with E-state index in [-0.39, 0.29) is 6.61 Å². The summed E-state index contributed by atoms with van der Waals surface area (Å²) in [6.45, 7) is 10.7. The summed E-state index contributed by atoms with van der Waals surface area (Å²) in [7, 11) is 1.99. The van der Waals surface area contributed by atoms with E-state index in [1.54, 1.807) is 0 Å². The Hall–Kier alpha value is -1.66. The highest BCUT2D eigenvalue weighted by molar-refractivity contribution is 5.26. The van der Waals surface area contributed by atoms with Crippen molar-refractivity contribution in [2.75, 3.05) is 13.2 Å². The van der Waals surface area contributed by atoms with E-state index in [2.05, 4.69) is 36.3 Å². The summed E-state index contributed by atoms with van der Waals surface area (Å²) < 4.78 is 3.82. The molecule has 0 aliphatic rings. The van der Waals surface area contributed by atoms with E-state index in [1.807, 2.05) is 23.3 Å². The quantitative estimate of drug-likeness (QED) is 0.754. The molecular weight excluding hydrogens is 278 g/mol. The van der Waals surface area contributed by atoms with Gasteiger partial charge >= 0.3 is 0 Å². The first-order valence-corrected chi connectivity index (χ1v) is 7.79. The molecule has 2 N–H and O–H groups in total. The summed E-state index contributed by atoms with van der Waals surface area (Å²) in [6, 6.07) is 0. The SMILES string of the molecule is Cc1nn(C)c(C)c1CCNCc1c(C)nn(CCO)c1C. The van der Waals surface area contributed by atoms with Crippen LogP contribution in [0.2, 0.25) is 0 Å². The van der Waals surface area contributed by atoms with Gasteiger partial charge in [0.2, 0.25) is 0 Å². The molecule has 0 saturated heterocycles. The van der Waals surface area contributed by atoms with Crippen LogP contribution in [0.15, 0.2) is 0 Å². The fraction of sp³-hybridized carbons (Fsp3) is 0.625. The van der Waals surface area contributed by atoms with Crippen molar-refractivity contribution in [3.05, 3.63) is 33.9 Å². The van der Waals surface area contributed by atoms with Crippen LogP contribution in [-0.4, -0.2) is 37.8 Å². The van der Waals surface area contributed by atoms with Gasteiger partial charge in [-0.15, -0.1) is 0 Å². The van der Waals surface area contributed by atoms with Crippen LogP contribution in [0.5, 0.6) is 0 Å². The second-order valence-corrected chi connectivity index (χ2v) is 5.80. The lowest BCUT2D eigenvalue weighted by Gasteiger charge is -2.07. The minimum atomic E-state index is 0.119. The molecule has 22 heavy (non-hydrogen) atoms. The molecule has 0 unspecified atom stereocenters. The molecule has 2 aromatic heterocycles. The van der Waals surface area contributed by atoms with Gasteiger partial charge in [-0.3, -0.25) is 9.36 Å². The number of aliphatic hydroxyl groups is 1. The first-order valence-electron chi connectivity index (χ1n) is 7.79. The average Bonchev–Trinajstić information content (AvgIpc) is 2.86. The van der Waals surface area contributed by atoms with Crippen molar-refractivity contribution in [2.24, 2.45) is 7.05 Å². The van der Waals surface area contributed by atoms with E-state index < -0.39 is 0 Å². The van der Waals surface area contributed by atoms with Gasteiger partial charge < -0.3 is 10.4 Å². The normalized spacial score (nSPS) is 11.4. The van der Waals surface area contributed by atoms with E-state index in [4.69, 9.17) is 5.11 Å². The molecule has 2 aromatic rings. The lowest BCUT2D eigenvalue weighted by Crippen LogP contribution is -2.18. The van der Waals surface area contributed by atoms with Crippen LogP contribution in [0.1, 0.15) is 33.9 Å². The minimum Gasteiger partial charge on any atom is -0.394 e. The largest absolute Gasteiger partial charge is 0.394 e. The van der Waals surface area contributed by atoms with Crippen molar-refractivity contribution in [2.45, 2.75) is 47.2 Å². The summed E-state index contributed by atoms with van der Waals surface area (Å²) in [6.07, 6.45) is 0.981. The zero-order chi connectivity index (χ0) is 16.3. The van der Waals surface area contributed by atoms with E-state index in [1.165, 1.54) is 16.8 Å². The Bertz CT molecular complexity index is 641. The van der Waals surface area contributed by atoms with Crippen LogP contribution >= 0.6 is 0 Å². The fourth-order valence-electron chi connectivity index (χ4n) is 2.91. The molecule has 2 rings (SSSR count). The molecule has 2 heterocycles. The molecule has 0 radical (unpaired) electrons. The van der Waals surface area contributed by atoms with Crippen LogP contribution in [0, 0.1) is 27.7 Å². The summed E-state index contributed by atoms with van der Waals surface area (Å²) in [5.74, 6) is 0. The van der Waals surface area contributed by atoms with Crippen molar-refractivity contribution in [3.63, 3.8) is 0 Å². The topological polar surface area (TPSA) is 67.9 Å². The Morgan fingerprint density at radius 1 is 1.00 bits per heavy atom. The van der Waals surface area contributed by atoms with Crippen LogP contribution in [0.25, 0.3) is 0 Å². The van der Waals surface area contributed by atoms with Crippen molar-refractivity contribution >= 4 is 0 Å². The molecule has 0 spiro atoms. The van der Waals surface area contributed by atoms with E-state index in [0.29, 0.717) is 6.54 Å². The second-order valence-electron chi connectivity index (χ2n) is 5.80. The Labute approximate surface area is 132 Å². The second kappa shape index (κ2) is 7.07. The van der Waals surface area contributed by atoms with Crippen molar-refractivity contribution < 1.29 is 5.11 Å². The maximum atomic E-state index is 9.05. The Morgan fingerprint density at radius 3 is 2.27 bits per heavy atom. The molecule has 0 aromatic carbocycles. The van der Waals surface area contributed by atoms with Crippen molar-refractivity contribution in [1.29, 1.82) is 0 Å². The summed E-state index contributed by atoms with van der Waals surface area (Å²) in [5, 5.41) is 21.5. The molecule has 0 atom stereocenters. The number of rotatable bonds is 7. The summed E-state index contributed by atoms with van der Waals surface area (Å²) >= 11 is 0. The van der Waals surface area contributed by atoms with Gasteiger partial charge in [0.05, 0.1) is 24.5 Å². The maximum absolute atomic E-state index is 9.05. The average molecular weight is 305 g/mol. The van der Waals surface area contributed by atoms with Crippen molar-refractivity contribution in [3.8, 4) is 0 Å². The zero-order valence-corrected chi connectivity index (χ0v) is 14.3. The van der Waals surface area contributed by atoms with Gasteiger partial charge in [0, 0.05) is 30.5 Å². The third kappa shape index (κ3) is 3.39. The van der Waals surface area contributed by atoms with Crippen LogP contribution in [0.4, 0.5) is 0 Å². The van der Waals surface area contributed by atoms with E-state index in [0.717, 1.165) is 36.6 Å². The molecule has 0 amide bonds. The highest BCUT2D eigenvalue weighted by Gasteiger charge is 2.12. The van der Waals surface area contributed by atoms with Crippen LogP contribution < -0.4 is 5.32 Å². The van der Waals surface area contributed by atoms with Gasteiger partial charge in [-0.25, -0.2) is 0 Å². The third-order valence-corrected chi connectivity index (χ3v) is 4.36. The standard InChI is InChI=1S/C16H27N5O/c1-11-15(13(3)20(5)18-11)6-7-17-10-16-12(2)19-21(8-9-22)14(16)4/h17,22H,6-10H2,1-5H3. The smallest absolute Gasteiger partial charge is 0.0644 e. The fourth-order valence-corrected chi connectivity index (χ4v) is 2.91. The molecule has 6 heteroatoms. The number of aliphatic hydroxyl groups excluding tert-OH is 1. The first kappa shape index (κ1) is 16.7. The maximum Gasteiger partial charge on any atom is 0.0644 e. The Balaban J connectivity index is 1.92. The van der Waals surface area contributed by atoms with Crippen LogP contribution in [-0.2, 0) is 26.6 Å². The van der Waals surface area contributed by atoms with Gasteiger partial charge in [-0.1, -0.05) is 0 Å². The molecule has 0 fully saturated rings. The summed E-state index contributed by atoms with van der Waals surface area (Å²) in [4.78, 5) is 0. The molecule has 122 valence electrons. The van der Waals surface area contributed by atoms with Gasteiger partial charge in [-0.2, -0.15) is 10.2 Å². The highest BCUT2D eigenvalue weighted by atomic mass is 16.3. The number of nitrogens with zero attached hydrogens (tertiary/aromatic N) is 4. The number of aryl methyl sites for hydroxylation is 3. The zero-order valence-electron chi connectivity index (χ0n) is 14.3. The molecule has 0 aliphatic carbocycles. The number of aromatic nitrogens is 4. The monoisotopic (exact) mass is 305 g/mol. The molecule has 0 bridgehead atoms. The van der Waals surface area contributed by atoms with Gasteiger partial charge in [0.1, 0.15) is 0 Å². The summed E-state index contributed by atoms with van der Waals surface area (Å²) in [5.41, 5.74) is 7.08. The predicted molar refractivity (Wildman–Crippen MR) is 86.9 cm³/mol. The van der Waals surface area contributed by atoms with E-state index in [9.17, 15) is 0 Å². The first-order chi connectivity index (χ1) is 10.5. The Kier molecular flexibility index (Phi) is 5.37. The number of hydrogen-bond donors (Lipinski definition) is 2. The van der Waals surface area contributed by atoms with Crippen molar-refractivity contribution in [1.82, 2.24) is 24.9 Å². The lowest BCUT2D eigenvalue weighted by atomic mass is 10.1. The number of hydrogen-bond acceptors (Lipinski definition) is 4. The number of nitrogens with one attached hydrogen (secondary N) is 1. The van der Waals surface area contributed by atoms with E-state index >= 15 is 0 Å². The third-order valence-electron chi connectivity index (χ3n) is 4.36. The molecular formula is C16H27N5O. The highest BCUT2D eigenvalue weighted by Crippen LogP contribution is 2.14. The molecule has 0 aliphatic heterocycles. The predicted octanol–water partition coefficient (Wildman–Crippen LogP) is 1.17. The molecule has 6 nitrogen and oxygen atoms in total. The Morgan fingerprint density at radius 2 is 1.68 bits per heavy atom.